The molecule has 0 atom stereocenters. The summed E-state index contributed by atoms with van der Waals surface area (Å²) in [5.74, 6) is 2.27. The van der Waals surface area contributed by atoms with Gasteiger partial charge in [0.1, 0.15) is 17.3 Å². The Balaban J connectivity index is 1.96. The fourth-order valence-electron chi connectivity index (χ4n) is 2.57. The smallest absolute Gasteiger partial charge is 0.154 e. The van der Waals surface area contributed by atoms with Crippen LogP contribution in [-0.4, -0.2) is 60.9 Å². The molecule has 0 aliphatic rings. The van der Waals surface area contributed by atoms with E-state index in [1.165, 1.54) is 0 Å². The third-order valence-electron chi connectivity index (χ3n) is 3.91. The summed E-state index contributed by atoms with van der Waals surface area (Å²) in [5, 5.41) is 7.99. The van der Waals surface area contributed by atoms with E-state index in [9.17, 15) is 0 Å². The third-order valence-corrected chi connectivity index (χ3v) is 3.91. The third kappa shape index (κ3) is 3.66. The lowest BCUT2D eigenvalue weighted by Crippen LogP contribution is -2.21. The van der Waals surface area contributed by atoms with E-state index in [1.807, 2.05) is 48.9 Å². The first kappa shape index (κ1) is 17.0. The summed E-state index contributed by atoms with van der Waals surface area (Å²) in [6.45, 7) is 1.75. The van der Waals surface area contributed by atoms with Crippen molar-refractivity contribution >= 4 is 11.5 Å². The standard InChI is InChI=1S/C18H23N5O2/c1-22(2)10-9-19-17-7-8-18-20-12-15(23(18)21-17)14-6-5-13(24-3)11-16(14)25-4/h5-8,11-12H,9-10H2,1-4H3,(H,19,21). The fraction of sp³-hybridized carbons (Fsp3) is 0.333. The zero-order chi connectivity index (χ0) is 17.8. The molecule has 25 heavy (non-hydrogen) atoms. The Kier molecular flexibility index (Phi) is 5.04. The van der Waals surface area contributed by atoms with Crippen molar-refractivity contribution < 1.29 is 9.47 Å². The van der Waals surface area contributed by atoms with Crippen molar-refractivity contribution in [2.24, 2.45) is 0 Å². The molecule has 1 aromatic carbocycles. The maximum absolute atomic E-state index is 5.51. The molecular weight excluding hydrogens is 318 g/mol. The molecular formula is C18H23N5O2. The van der Waals surface area contributed by atoms with Crippen LogP contribution in [0.3, 0.4) is 0 Å². The number of benzene rings is 1. The zero-order valence-electron chi connectivity index (χ0n) is 15.0. The summed E-state index contributed by atoms with van der Waals surface area (Å²) < 4.78 is 12.6. The number of nitrogens with zero attached hydrogens (tertiary/aromatic N) is 4. The van der Waals surface area contributed by atoms with Gasteiger partial charge in [-0.1, -0.05) is 0 Å². The van der Waals surface area contributed by atoms with E-state index in [2.05, 4.69) is 20.3 Å². The maximum Gasteiger partial charge on any atom is 0.154 e. The summed E-state index contributed by atoms with van der Waals surface area (Å²) in [7, 11) is 7.36. The first-order valence-corrected chi connectivity index (χ1v) is 8.08. The van der Waals surface area contributed by atoms with Crippen molar-refractivity contribution in [3.8, 4) is 22.8 Å². The van der Waals surface area contributed by atoms with E-state index in [0.717, 1.165) is 41.6 Å². The van der Waals surface area contributed by atoms with Gasteiger partial charge in [-0.2, -0.15) is 0 Å². The second kappa shape index (κ2) is 7.40. The largest absolute Gasteiger partial charge is 0.497 e. The van der Waals surface area contributed by atoms with Crippen LogP contribution in [0.2, 0.25) is 0 Å². The van der Waals surface area contributed by atoms with Crippen molar-refractivity contribution in [1.82, 2.24) is 19.5 Å². The van der Waals surface area contributed by atoms with Gasteiger partial charge in [0.25, 0.3) is 0 Å². The van der Waals surface area contributed by atoms with Gasteiger partial charge < -0.3 is 19.7 Å². The minimum Gasteiger partial charge on any atom is -0.497 e. The number of aromatic nitrogens is 3. The number of fused-ring (bicyclic) bond motifs is 1. The molecule has 0 spiro atoms. The Bertz CT molecular complexity index is 860. The summed E-state index contributed by atoms with van der Waals surface area (Å²) in [6, 6.07) is 9.59. The fourth-order valence-corrected chi connectivity index (χ4v) is 2.57. The van der Waals surface area contributed by atoms with E-state index in [4.69, 9.17) is 9.47 Å². The number of methoxy groups -OCH3 is 2. The van der Waals surface area contributed by atoms with Crippen LogP contribution in [-0.2, 0) is 0 Å². The number of rotatable bonds is 7. The summed E-state index contributed by atoms with van der Waals surface area (Å²) in [4.78, 5) is 6.56. The number of ether oxygens (including phenoxy) is 2. The number of likely N-dealkylation sites (N-methyl/N-ethyl adjacent to an activating group) is 1. The molecule has 3 aromatic rings. The minimum atomic E-state index is 0.717. The summed E-state index contributed by atoms with van der Waals surface area (Å²) in [5.41, 5.74) is 2.56. The van der Waals surface area contributed by atoms with E-state index in [-0.39, 0.29) is 0 Å². The number of nitrogens with one attached hydrogen (secondary N) is 1. The van der Waals surface area contributed by atoms with Crippen molar-refractivity contribution in [3.63, 3.8) is 0 Å². The molecule has 0 fully saturated rings. The Morgan fingerprint density at radius 1 is 1.12 bits per heavy atom. The molecule has 0 saturated carbocycles. The Hall–Kier alpha value is -2.80. The zero-order valence-corrected chi connectivity index (χ0v) is 15.0. The van der Waals surface area contributed by atoms with Crippen molar-refractivity contribution in [3.05, 3.63) is 36.5 Å². The van der Waals surface area contributed by atoms with E-state index < -0.39 is 0 Å². The van der Waals surface area contributed by atoms with Gasteiger partial charge in [-0.05, 0) is 38.4 Å². The van der Waals surface area contributed by atoms with Gasteiger partial charge in [-0.15, -0.1) is 5.10 Å². The molecule has 0 amide bonds. The molecule has 1 N–H and O–H groups in total. The predicted octanol–water partition coefficient (Wildman–Crippen LogP) is 2.39. The van der Waals surface area contributed by atoms with Crippen molar-refractivity contribution in [2.75, 3.05) is 46.7 Å². The summed E-state index contributed by atoms with van der Waals surface area (Å²) >= 11 is 0. The first-order chi connectivity index (χ1) is 12.1. The Morgan fingerprint density at radius 3 is 2.68 bits per heavy atom. The van der Waals surface area contributed by atoms with Crippen LogP contribution in [0.5, 0.6) is 11.5 Å². The lowest BCUT2D eigenvalue weighted by molar-refractivity contribution is 0.395. The molecule has 0 unspecified atom stereocenters. The van der Waals surface area contributed by atoms with Gasteiger partial charge in [-0.25, -0.2) is 9.50 Å². The number of hydrogen-bond donors (Lipinski definition) is 1. The van der Waals surface area contributed by atoms with Gasteiger partial charge in [0.05, 0.1) is 26.1 Å². The van der Waals surface area contributed by atoms with E-state index in [1.54, 1.807) is 20.4 Å². The highest BCUT2D eigenvalue weighted by Crippen LogP contribution is 2.33. The molecule has 0 radical (unpaired) electrons. The molecule has 7 nitrogen and oxygen atoms in total. The molecule has 2 aromatic heterocycles. The molecule has 7 heteroatoms. The Labute approximate surface area is 147 Å². The van der Waals surface area contributed by atoms with Gasteiger partial charge in [0, 0.05) is 24.7 Å². The van der Waals surface area contributed by atoms with Crippen LogP contribution in [0.1, 0.15) is 0 Å². The van der Waals surface area contributed by atoms with Gasteiger partial charge in [-0.3, -0.25) is 0 Å². The van der Waals surface area contributed by atoms with Crippen LogP contribution in [0.25, 0.3) is 16.9 Å². The van der Waals surface area contributed by atoms with Crippen LogP contribution >= 0.6 is 0 Å². The molecule has 0 aliphatic heterocycles. The topological polar surface area (TPSA) is 63.9 Å². The highest BCUT2D eigenvalue weighted by molar-refractivity contribution is 5.71. The Morgan fingerprint density at radius 2 is 1.96 bits per heavy atom. The lowest BCUT2D eigenvalue weighted by Gasteiger charge is -2.12. The quantitative estimate of drug-likeness (QED) is 0.712. The predicted molar refractivity (Wildman–Crippen MR) is 98.6 cm³/mol. The number of imidazole rings is 1. The average molecular weight is 341 g/mol. The second-order valence-corrected chi connectivity index (χ2v) is 5.93. The van der Waals surface area contributed by atoms with E-state index in [0.29, 0.717) is 5.75 Å². The van der Waals surface area contributed by atoms with Crippen LogP contribution in [0.4, 0.5) is 5.82 Å². The lowest BCUT2D eigenvalue weighted by atomic mass is 10.1. The van der Waals surface area contributed by atoms with Crippen molar-refractivity contribution in [1.29, 1.82) is 0 Å². The molecule has 132 valence electrons. The molecule has 2 heterocycles. The van der Waals surface area contributed by atoms with Gasteiger partial charge in [0.2, 0.25) is 0 Å². The second-order valence-electron chi connectivity index (χ2n) is 5.93. The SMILES string of the molecule is COc1ccc(-c2cnc3ccc(NCCN(C)C)nn23)c(OC)c1. The monoisotopic (exact) mass is 341 g/mol. The van der Waals surface area contributed by atoms with Crippen molar-refractivity contribution in [2.45, 2.75) is 0 Å². The number of hydrogen-bond acceptors (Lipinski definition) is 6. The average Bonchev–Trinajstić information content (AvgIpc) is 3.04. The molecule has 3 rings (SSSR count). The highest BCUT2D eigenvalue weighted by atomic mass is 16.5. The normalized spacial score (nSPS) is 11.1. The minimum absolute atomic E-state index is 0.717. The van der Waals surface area contributed by atoms with E-state index >= 15 is 0 Å². The molecule has 0 aliphatic carbocycles. The van der Waals surface area contributed by atoms with Crippen LogP contribution < -0.4 is 14.8 Å². The van der Waals surface area contributed by atoms with Gasteiger partial charge >= 0.3 is 0 Å². The van der Waals surface area contributed by atoms with Gasteiger partial charge in [0.15, 0.2) is 5.65 Å². The summed E-state index contributed by atoms with van der Waals surface area (Å²) in [6.07, 6.45) is 1.80. The molecule has 0 saturated heterocycles. The molecule has 0 bridgehead atoms. The van der Waals surface area contributed by atoms with Crippen LogP contribution in [0.15, 0.2) is 36.5 Å². The number of anilines is 1. The van der Waals surface area contributed by atoms with Crippen LogP contribution in [0, 0.1) is 0 Å². The maximum atomic E-state index is 5.51. The highest BCUT2D eigenvalue weighted by Gasteiger charge is 2.13. The first-order valence-electron chi connectivity index (χ1n) is 8.08.